The summed E-state index contributed by atoms with van der Waals surface area (Å²) in [5.74, 6) is 0. The molecule has 0 aliphatic carbocycles. The molecule has 2 atom stereocenters. The Balaban J connectivity index is 2.45. The van der Waals surface area contributed by atoms with E-state index in [1.807, 2.05) is 0 Å². The molecule has 1 rings (SSSR count). The third-order valence-electron chi connectivity index (χ3n) is 3.93. The second kappa shape index (κ2) is 8.37. The van der Waals surface area contributed by atoms with Crippen LogP contribution >= 0.6 is 0 Å². The molecule has 0 amide bonds. The van der Waals surface area contributed by atoms with Crippen LogP contribution in [0.15, 0.2) is 18.2 Å². The summed E-state index contributed by atoms with van der Waals surface area (Å²) in [7, 11) is 0. The monoisotopic (exact) mass is 261 g/mol. The van der Waals surface area contributed by atoms with Gasteiger partial charge in [0.05, 0.1) is 0 Å². The zero-order valence-corrected chi connectivity index (χ0v) is 13.4. The van der Waals surface area contributed by atoms with E-state index in [1.54, 1.807) is 0 Å². The first-order chi connectivity index (χ1) is 9.04. The van der Waals surface area contributed by atoms with Gasteiger partial charge in [0.25, 0.3) is 0 Å². The topological polar surface area (TPSA) is 12.0 Å². The Labute approximate surface area is 119 Å². The van der Waals surface area contributed by atoms with Crippen LogP contribution < -0.4 is 5.32 Å². The molecule has 0 aliphatic rings. The molecule has 1 nitrogen and oxygen atoms in total. The Morgan fingerprint density at radius 3 is 2.47 bits per heavy atom. The van der Waals surface area contributed by atoms with E-state index in [1.165, 1.54) is 48.8 Å². The van der Waals surface area contributed by atoms with Gasteiger partial charge in [0.2, 0.25) is 0 Å². The van der Waals surface area contributed by atoms with Crippen molar-refractivity contribution in [3.63, 3.8) is 0 Å². The summed E-state index contributed by atoms with van der Waals surface area (Å²) >= 11 is 0. The van der Waals surface area contributed by atoms with Crippen LogP contribution in [-0.4, -0.2) is 6.04 Å². The molecule has 0 bridgehead atoms. The third-order valence-corrected chi connectivity index (χ3v) is 3.93. The summed E-state index contributed by atoms with van der Waals surface area (Å²) in [5, 5.41) is 3.74. The van der Waals surface area contributed by atoms with Crippen LogP contribution in [0.2, 0.25) is 0 Å². The Hall–Kier alpha value is -0.820. The van der Waals surface area contributed by atoms with Gasteiger partial charge in [-0.05, 0) is 45.2 Å². The fourth-order valence-electron chi connectivity index (χ4n) is 2.70. The minimum absolute atomic E-state index is 0.445. The van der Waals surface area contributed by atoms with Crippen molar-refractivity contribution in [3.05, 3.63) is 34.9 Å². The van der Waals surface area contributed by atoms with Gasteiger partial charge in [-0.3, -0.25) is 0 Å². The Morgan fingerprint density at radius 2 is 1.79 bits per heavy atom. The molecule has 0 spiro atoms. The van der Waals surface area contributed by atoms with E-state index in [2.05, 4.69) is 58.1 Å². The number of benzene rings is 1. The molecule has 0 fully saturated rings. The van der Waals surface area contributed by atoms with Gasteiger partial charge in [-0.25, -0.2) is 0 Å². The first-order valence-electron chi connectivity index (χ1n) is 7.87. The largest absolute Gasteiger partial charge is 0.308 e. The van der Waals surface area contributed by atoms with Crippen molar-refractivity contribution in [2.24, 2.45) is 0 Å². The fraction of sp³-hybridized carbons (Fsp3) is 0.667. The average Bonchev–Trinajstić information content (AvgIpc) is 2.37. The average molecular weight is 261 g/mol. The minimum atomic E-state index is 0.445. The van der Waals surface area contributed by atoms with Crippen LogP contribution in [-0.2, 0) is 0 Å². The van der Waals surface area contributed by atoms with Gasteiger partial charge in [-0.2, -0.15) is 0 Å². The van der Waals surface area contributed by atoms with E-state index in [4.69, 9.17) is 0 Å². The molecule has 0 aliphatic heterocycles. The van der Waals surface area contributed by atoms with Crippen molar-refractivity contribution in [1.82, 2.24) is 5.32 Å². The zero-order valence-electron chi connectivity index (χ0n) is 13.4. The third kappa shape index (κ3) is 5.78. The lowest BCUT2D eigenvalue weighted by Gasteiger charge is -2.22. The standard InChI is InChI=1S/C18H31N/c1-6-7-8-9-10-16(4)19-17(5)18-13-14(2)11-12-15(18)3/h11-13,16-17,19H,6-10H2,1-5H3. The van der Waals surface area contributed by atoms with Crippen molar-refractivity contribution in [2.75, 3.05) is 0 Å². The highest BCUT2D eigenvalue weighted by Crippen LogP contribution is 2.20. The van der Waals surface area contributed by atoms with Crippen LogP contribution in [0.25, 0.3) is 0 Å². The maximum atomic E-state index is 3.74. The van der Waals surface area contributed by atoms with Gasteiger partial charge in [0, 0.05) is 12.1 Å². The lowest BCUT2D eigenvalue weighted by Crippen LogP contribution is -2.29. The highest BCUT2D eigenvalue weighted by molar-refractivity contribution is 5.32. The molecule has 0 heterocycles. The van der Waals surface area contributed by atoms with Gasteiger partial charge >= 0.3 is 0 Å². The van der Waals surface area contributed by atoms with Crippen molar-refractivity contribution < 1.29 is 0 Å². The molecule has 1 heteroatoms. The molecule has 1 N–H and O–H groups in total. The highest BCUT2D eigenvalue weighted by atomic mass is 14.9. The molecule has 0 saturated heterocycles. The Kier molecular flexibility index (Phi) is 7.15. The maximum absolute atomic E-state index is 3.74. The summed E-state index contributed by atoms with van der Waals surface area (Å²) in [6, 6.07) is 7.79. The van der Waals surface area contributed by atoms with Crippen LogP contribution in [0, 0.1) is 13.8 Å². The number of nitrogens with one attached hydrogen (secondary N) is 1. The number of unbranched alkanes of at least 4 members (excludes halogenated alkanes) is 3. The van der Waals surface area contributed by atoms with E-state index in [0.717, 1.165) is 0 Å². The summed E-state index contributed by atoms with van der Waals surface area (Å²) in [6.45, 7) is 11.2. The molecular weight excluding hydrogens is 230 g/mol. The highest BCUT2D eigenvalue weighted by Gasteiger charge is 2.11. The van der Waals surface area contributed by atoms with Gasteiger partial charge in [0.15, 0.2) is 0 Å². The summed E-state index contributed by atoms with van der Waals surface area (Å²) in [5.41, 5.74) is 4.19. The van der Waals surface area contributed by atoms with Gasteiger partial charge < -0.3 is 5.32 Å². The fourth-order valence-corrected chi connectivity index (χ4v) is 2.70. The maximum Gasteiger partial charge on any atom is 0.0296 e. The van der Waals surface area contributed by atoms with E-state index < -0.39 is 0 Å². The number of rotatable bonds is 8. The van der Waals surface area contributed by atoms with Gasteiger partial charge in [0.1, 0.15) is 0 Å². The summed E-state index contributed by atoms with van der Waals surface area (Å²) < 4.78 is 0. The number of hydrogen-bond donors (Lipinski definition) is 1. The lowest BCUT2D eigenvalue weighted by atomic mass is 9.99. The van der Waals surface area contributed by atoms with E-state index in [-0.39, 0.29) is 0 Å². The normalized spacial score (nSPS) is 14.4. The quantitative estimate of drug-likeness (QED) is 0.625. The Morgan fingerprint density at radius 1 is 1.05 bits per heavy atom. The van der Waals surface area contributed by atoms with Crippen LogP contribution in [0.5, 0.6) is 0 Å². The van der Waals surface area contributed by atoms with E-state index in [0.29, 0.717) is 12.1 Å². The van der Waals surface area contributed by atoms with Crippen LogP contribution in [0.4, 0.5) is 0 Å². The van der Waals surface area contributed by atoms with Crippen molar-refractivity contribution >= 4 is 0 Å². The predicted octanol–water partition coefficient (Wildman–Crippen LogP) is 5.31. The SMILES string of the molecule is CCCCCCC(C)NC(C)c1cc(C)ccc1C. The predicted molar refractivity (Wildman–Crippen MR) is 85.7 cm³/mol. The second-order valence-electron chi connectivity index (χ2n) is 6.00. The molecule has 1 aromatic rings. The first-order valence-corrected chi connectivity index (χ1v) is 7.87. The van der Waals surface area contributed by atoms with Crippen molar-refractivity contribution in [1.29, 1.82) is 0 Å². The molecule has 0 saturated carbocycles. The summed E-state index contributed by atoms with van der Waals surface area (Å²) in [6.07, 6.45) is 6.71. The minimum Gasteiger partial charge on any atom is -0.308 e. The zero-order chi connectivity index (χ0) is 14.3. The Bertz CT molecular complexity index is 370. The lowest BCUT2D eigenvalue weighted by molar-refractivity contribution is 0.437. The molecule has 1 aromatic carbocycles. The molecule has 2 unspecified atom stereocenters. The summed E-state index contributed by atoms with van der Waals surface area (Å²) in [4.78, 5) is 0. The van der Waals surface area contributed by atoms with E-state index in [9.17, 15) is 0 Å². The second-order valence-corrected chi connectivity index (χ2v) is 6.00. The molecular formula is C18H31N. The smallest absolute Gasteiger partial charge is 0.0296 e. The van der Waals surface area contributed by atoms with Crippen molar-refractivity contribution in [3.8, 4) is 0 Å². The van der Waals surface area contributed by atoms with E-state index >= 15 is 0 Å². The van der Waals surface area contributed by atoms with Crippen LogP contribution in [0.1, 0.15) is 75.6 Å². The van der Waals surface area contributed by atoms with Crippen LogP contribution in [0.3, 0.4) is 0 Å². The molecule has 108 valence electrons. The van der Waals surface area contributed by atoms with Gasteiger partial charge in [-0.15, -0.1) is 0 Å². The number of aryl methyl sites for hydroxylation is 2. The number of hydrogen-bond acceptors (Lipinski definition) is 1. The van der Waals surface area contributed by atoms with Gasteiger partial charge in [-0.1, -0.05) is 56.4 Å². The van der Waals surface area contributed by atoms with Crippen molar-refractivity contribution in [2.45, 2.75) is 78.8 Å². The molecule has 19 heavy (non-hydrogen) atoms. The molecule has 0 aromatic heterocycles. The molecule has 0 radical (unpaired) electrons. The first kappa shape index (κ1) is 16.2.